The van der Waals surface area contributed by atoms with Crippen LogP contribution in [-0.4, -0.2) is 47.2 Å². The number of rotatable bonds is 3. The largest absolute Gasteiger partial charge is 0.396 e. The topological polar surface area (TPSA) is 54.2 Å². The summed E-state index contributed by atoms with van der Waals surface area (Å²) in [7, 11) is 6.05. The number of hydrogen-bond donors (Lipinski definition) is 1. The van der Waals surface area contributed by atoms with Crippen molar-refractivity contribution in [2.75, 3.05) is 24.6 Å². The summed E-state index contributed by atoms with van der Waals surface area (Å²) in [5, 5.41) is 10.7. The fraction of sp³-hybridized carbons (Fsp3) is 0.478. The van der Waals surface area contributed by atoms with Gasteiger partial charge in [-0.3, -0.25) is 0 Å². The molecule has 4 rings (SSSR count). The molecule has 0 aliphatic carbocycles. The summed E-state index contributed by atoms with van der Waals surface area (Å²) in [6.45, 7) is 10.5. The van der Waals surface area contributed by atoms with Crippen LogP contribution in [0.4, 0.5) is 5.82 Å². The fourth-order valence-corrected chi connectivity index (χ4v) is 4.72. The molecule has 1 aliphatic rings. The van der Waals surface area contributed by atoms with Gasteiger partial charge in [0.05, 0.1) is 11.1 Å². The molecule has 6 heteroatoms. The zero-order chi connectivity index (χ0) is 20.7. The highest BCUT2D eigenvalue weighted by Crippen LogP contribution is 2.33. The molecule has 0 amide bonds. The van der Waals surface area contributed by atoms with Gasteiger partial charge in [0.25, 0.3) is 0 Å². The summed E-state index contributed by atoms with van der Waals surface area (Å²) in [4.78, 5) is 12.1. The van der Waals surface area contributed by atoms with Crippen LogP contribution >= 0.6 is 0 Å². The van der Waals surface area contributed by atoms with Crippen molar-refractivity contribution in [1.82, 2.24) is 14.5 Å². The van der Waals surface area contributed by atoms with E-state index in [1.807, 2.05) is 19.1 Å². The van der Waals surface area contributed by atoms with Crippen molar-refractivity contribution < 1.29 is 5.11 Å². The molecule has 1 atom stereocenters. The number of benzene rings is 1. The van der Waals surface area contributed by atoms with Crippen LogP contribution in [0.15, 0.2) is 18.3 Å². The second-order valence-electron chi connectivity index (χ2n) is 8.45. The van der Waals surface area contributed by atoms with Gasteiger partial charge in [-0.15, -0.1) is 0 Å². The summed E-state index contributed by atoms with van der Waals surface area (Å²) in [5.41, 5.74) is 6.32. The highest BCUT2D eigenvalue weighted by atomic mass is 16.3. The Kier molecular flexibility index (Phi) is 5.39. The molecule has 3 aromatic rings. The van der Waals surface area contributed by atoms with E-state index in [9.17, 15) is 5.11 Å². The van der Waals surface area contributed by atoms with Crippen LogP contribution < -0.4 is 10.4 Å². The maximum Gasteiger partial charge on any atom is 0.150 e. The Morgan fingerprint density at radius 3 is 2.45 bits per heavy atom. The molecule has 1 fully saturated rings. The van der Waals surface area contributed by atoms with Crippen molar-refractivity contribution in [3.63, 3.8) is 0 Å². The van der Waals surface area contributed by atoms with E-state index >= 15 is 0 Å². The van der Waals surface area contributed by atoms with Crippen LogP contribution in [0.25, 0.3) is 16.7 Å². The first-order valence-electron chi connectivity index (χ1n) is 10.5. The molecule has 1 aliphatic heterocycles. The fourth-order valence-electron chi connectivity index (χ4n) is 4.72. The molecular weight excluding hydrogens is 359 g/mol. The highest BCUT2D eigenvalue weighted by Gasteiger charge is 2.23. The number of hydrogen-bond acceptors (Lipinski definition) is 4. The summed E-state index contributed by atoms with van der Waals surface area (Å²) >= 11 is 0. The van der Waals surface area contributed by atoms with Gasteiger partial charge in [0.2, 0.25) is 0 Å². The molecule has 0 bridgehead atoms. The van der Waals surface area contributed by atoms with Crippen molar-refractivity contribution in [3.8, 4) is 5.69 Å². The molecule has 1 saturated heterocycles. The molecular formula is C23H29BN4O. The summed E-state index contributed by atoms with van der Waals surface area (Å²) < 4.78 is 2.20. The SMILES string of the molecule is [B]c1cc(C)c(-n2cc(C)c3c(N4CCCC(CO)CC4)nc(C)nc32)c(C)c1. The zero-order valence-electron chi connectivity index (χ0n) is 17.9. The second-order valence-corrected chi connectivity index (χ2v) is 8.45. The third-order valence-electron chi connectivity index (χ3n) is 6.09. The van der Waals surface area contributed by atoms with Gasteiger partial charge < -0.3 is 14.6 Å². The molecule has 1 N–H and O–H groups in total. The van der Waals surface area contributed by atoms with E-state index in [1.165, 1.54) is 5.56 Å². The number of aryl methyl sites for hydroxylation is 4. The minimum atomic E-state index is 0.275. The molecule has 29 heavy (non-hydrogen) atoms. The minimum absolute atomic E-state index is 0.275. The Morgan fingerprint density at radius 1 is 1.03 bits per heavy atom. The van der Waals surface area contributed by atoms with E-state index < -0.39 is 0 Å². The lowest BCUT2D eigenvalue weighted by Gasteiger charge is -2.23. The normalized spacial score (nSPS) is 17.7. The molecule has 3 heterocycles. The van der Waals surface area contributed by atoms with Gasteiger partial charge in [-0.2, -0.15) is 0 Å². The Balaban J connectivity index is 1.88. The third-order valence-corrected chi connectivity index (χ3v) is 6.09. The number of nitrogens with zero attached hydrogens (tertiary/aromatic N) is 4. The van der Waals surface area contributed by atoms with Gasteiger partial charge in [-0.1, -0.05) is 17.6 Å². The van der Waals surface area contributed by atoms with Gasteiger partial charge in [-0.25, -0.2) is 9.97 Å². The van der Waals surface area contributed by atoms with Crippen molar-refractivity contribution >= 4 is 30.2 Å². The maximum absolute atomic E-state index is 9.58. The van der Waals surface area contributed by atoms with Crippen molar-refractivity contribution in [1.29, 1.82) is 0 Å². The van der Waals surface area contributed by atoms with Gasteiger partial charge in [0.15, 0.2) is 5.65 Å². The van der Waals surface area contributed by atoms with E-state index in [4.69, 9.17) is 17.8 Å². The van der Waals surface area contributed by atoms with Gasteiger partial charge in [0, 0.05) is 25.9 Å². The predicted molar refractivity (Wildman–Crippen MR) is 120 cm³/mol. The van der Waals surface area contributed by atoms with E-state index in [-0.39, 0.29) is 6.61 Å². The maximum atomic E-state index is 9.58. The van der Waals surface area contributed by atoms with Gasteiger partial charge >= 0.3 is 0 Å². The number of anilines is 1. The van der Waals surface area contributed by atoms with Crippen molar-refractivity contribution in [2.45, 2.75) is 47.0 Å². The lowest BCUT2D eigenvalue weighted by atomic mass is 9.91. The van der Waals surface area contributed by atoms with Crippen LogP contribution in [0.2, 0.25) is 0 Å². The van der Waals surface area contributed by atoms with Gasteiger partial charge in [-0.05, 0) is 69.6 Å². The van der Waals surface area contributed by atoms with Crippen LogP contribution in [-0.2, 0) is 0 Å². The first-order chi connectivity index (χ1) is 13.9. The van der Waals surface area contributed by atoms with E-state index in [0.29, 0.717) is 5.92 Å². The van der Waals surface area contributed by atoms with Crippen LogP contribution in [0, 0.1) is 33.6 Å². The lowest BCUT2D eigenvalue weighted by molar-refractivity contribution is 0.215. The number of aliphatic hydroxyl groups is 1. The second kappa shape index (κ2) is 7.83. The molecule has 0 spiro atoms. The lowest BCUT2D eigenvalue weighted by Crippen LogP contribution is -2.26. The van der Waals surface area contributed by atoms with E-state index in [1.54, 1.807) is 0 Å². The standard InChI is InChI=1S/C23H29BN4O/c1-14-10-19(24)11-15(2)21(14)28-12-16(3)20-22(25-17(4)26-23(20)28)27-8-5-6-18(13-29)7-9-27/h10-12,18,29H,5-9,13H2,1-4H3. The first-order valence-corrected chi connectivity index (χ1v) is 10.5. The monoisotopic (exact) mass is 388 g/mol. The molecule has 1 aromatic carbocycles. The van der Waals surface area contributed by atoms with Crippen LogP contribution in [0.5, 0.6) is 0 Å². The first kappa shape index (κ1) is 20.0. The predicted octanol–water partition coefficient (Wildman–Crippen LogP) is 3.05. The number of aromatic nitrogens is 3. The molecule has 2 aromatic heterocycles. The summed E-state index contributed by atoms with van der Waals surface area (Å²) in [6, 6.07) is 4.03. The Labute approximate surface area is 174 Å². The van der Waals surface area contributed by atoms with Crippen LogP contribution in [0.3, 0.4) is 0 Å². The Hall–Kier alpha value is -2.34. The molecule has 0 saturated carbocycles. The minimum Gasteiger partial charge on any atom is -0.396 e. The number of aliphatic hydroxyl groups excluding tert-OH is 1. The molecule has 5 nitrogen and oxygen atoms in total. The van der Waals surface area contributed by atoms with Crippen molar-refractivity contribution in [2.24, 2.45) is 5.92 Å². The molecule has 150 valence electrons. The quantitative estimate of drug-likeness (QED) is 0.701. The van der Waals surface area contributed by atoms with Crippen LogP contribution in [0.1, 0.15) is 41.8 Å². The summed E-state index contributed by atoms with van der Waals surface area (Å²) in [6.07, 6.45) is 5.31. The zero-order valence-corrected chi connectivity index (χ0v) is 17.9. The van der Waals surface area contributed by atoms with E-state index in [2.05, 4.69) is 36.4 Å². The van der Waals surface area contributed by atoms with E-state index in [0.717, 1.165) is 77.3 Å². The van der Waals surface area contributed by atoms with Gasteiger partial charge in [0.1, 0.15) is 19.5 Å². The third kappa shape index (κ3) is 3.66. The molecule has 2 radical (unpaired) electrons. The Bertz CT molecular complexity index is 1040. The van der Waals surface area contributed by atoms with Crippen molar-refractivity contribution in [3.05, 3.63) is 40.8 Å². The molecule has 1 unspecified atom stereocenters. The Morgan fingerprint density at radius 2 is 1.76 bits per heavy atom. The average molecular weight is 388 g/mol. The highest BCUT2D eigenvalue weighted by molar-refractivity contribution is 6.32. The average Bonchev–Trinajstić information content (AvgIpc) is 2.84. The number of fused-ring (bicyclic) bond motifs is 1. The smallest absolute Gasteiger partial charge is 0.150 e. The summed E-state index contributed by atoms with van der Waals surface area (Å²) in [5.74, 6) is 2.19.